The molecule has 0 radical (unpaired) electrons. The molecule has 1 aliphatic heterocycles. The molecular weight excluding hydrogens is 230 g/mol. The van der Waals surface area contributed by atoms with Crippen LogP contribution in [0.3, 0.4) is 0 Å². The molecule has 1 aromatic rings. The lowest BCUT2D eigenvalue weighted by molar-refractivity contribution is -0.110. The van der Waals surface area contributed by atoms with Gasteiger partial charge >= 0.3 is 6.09 Å². The minimum atomic E-state index is -0.463. The Bertz CT molecular complexity index is 491. The number of ether oxygens (including phenoxy) is 1. The van der Waals surface area contributed by atoms with E-state index in [-0.39, 0.29) is 12.4 Å². The zero-order valence-electron chi connectivity index (χ0n) is 9.78. The second-order valence-corrected chi connectivity index (χ2v) is 3.81. The SMILES string of the molecule is O=C1C=CCN(C(=O)OCc2ccccc2)C=C1. The molecule has 0 bridgehead atoms. The van der Waals surface area contributed by atoms with Gasteiger partial charge in [0, 0.05) is 18.8 Å². The molecule has 0 N–H and O–H groups in total. The molecular formula is C14H13NO3. The van der Waals surface area contributed by atoms with Gasteiger partial charge < -0.3 is 4.74 Å². The Labute approximate surface area is 105 Å². The molecule has 0 aromatic heterocycles. The Balaban J connectivity index is 1.90. The Morgan fingerprint density at radius 1 is 1.22 bits per heavy atom. The molecule has 0 spiro atoms. The van der Waals surface area contributed by atoms with E-state index in [1.165, 1.54) is 23.3 Å². The van der Waals surface area contributed by atoms with Crippen molar-refractivity contribution in [2.75, 3.05) is 6.54 Å². The smallest absolute Gasteiger partial charge is 0.414 e. The number of hydrogen-bond donors (Lipinski definition) is 0. The van der Waals surface area contributed by atoms with E-state index >= 15 is 0 Å². The minimum absolute atomic E-state index is 0.131. The van der Waals surface area contributed by atoms with Crippen LogP contribution in [-0.2, 0) is 16.1 Å². The van der Waals surface area contributed by atoms with Crippen LogP contribution in [0.25, 0.3) is 0 Å². The number of rotatable bonds is 2. The van der Waals surface area contributed by atoms with Crippen molar-refractivity contribution >= 4 is 11.9 Å². The second kappa shape index (κ2) is 5.82. The van der Waals surface area contributed by atoms with Gasteiger partial charge in [0.1, 0.15) is 6.61 Å². The van der Waals surface area contributed by atoms with E-state index < -0.39 is 6.09 Å². The predicted molar refractivity (Wildman–Crippen MR) is 66.6 cm³/mol. The first-order chi connectivity index (χ1) is 8.75. The summed E-state index contributed by atoms with van der Waals surface area (Å²) in [5.41, 5.74) is 0.927. The number of ketones is 1. The fourth-order valence-corrected chi connectivity index (χ4v) is 1.50. The van der Waals surface area contributed by atoms with Crippen molar-refractivity contribution in [1.82, 2.24) is 4.90 Å². The maximum Gasteiger partial charge on any atom is 0.414 e. The van der Waals surface area contributed by atoms with E-state index in [4.69, 9.17) is 4.74 Å². The standard InChI is InChI=1S/C14H13NO3/c16-13-7-4-9-15(10-8-13)14(17)18-11-12-5-2-1-3-6-12/h1-8,10H,9,11H2. The van der Waals surface area contributed by atoms with Crippen molar-refractivity contribution in [2.24, 2.45) is 0 Å². The summed E-state index contributed by atoms with van der Waals surface area (Å²) in [5.74, 6) is -0.131. The second-order valence-electron chi connectivity index (χ2n) is 3.81. The molecule has 1 aliphatic rings. The summed E-state index contributed by atoms with van der Waals surface area (Å²) in [6, 6.07) is 9.44. The number of amides is 1. The zero-order valence-corrected chi connectivity index (χ0v) is 9.78. The molecule has 4 heteroatoms. The lowest BCUT2D eigenvalue weighted by atomic mass is 10.2. The number of allylic oxidation sites excluding steroid dienone is 2. The molecule has 92 valence electrons. The molecule has 0 unspecified atom stereocenters. The maximum atomic E-state index is 11.7. The Hall–Kier alpha value is -2.36. The van der Waals surface area contributed by atoms with E-state index in [2.05, 4.69) is 0 Å². The van der Waals surface area contributed by atoms with E-state index in [0.29, 0.717) is 6.54 Å². The van der Waals surface area contributed by atoms with Crippen LogP contribution in [0.2, 0.25) is 0 Å². The van der Waals surface area contributed by atoms with Gasteiger partial charge in [-0.05, 0) is 11.6 Å². The van der Waals surface area contributed by atoms with Gasteiger partial charge in [-0.3, -0.25) is 9.69 Å². The van der Waals surface area contributed by atoms with Crippen LogP contribution in [0, 0.1) is 0 Å². The fraction of sp³-hybridized carbons (Fsp3) is 0.143. The fourth-order valence-electron chi connectivity index (χ4n) is 1.50. The lowest BCUT2D eigenvalue weighted by Crippen LogP contribution is -2.26. The van der Waals surface area contributed by atoms with Crippen LogP contribution in [0.15, 0.2) is 54.8 Å². The van der Waals surface area contributed by atoms with Gasteiger partial charge in [0.05, 0.1) is 0 Å². The Morgan fingerprint density at radius 2 is 2.00 bits per heavy atom. The number of carbonyl (C=O) groups excluding carboxylic acids is 2. The van der Waals surface area contributed by atoms with E-state index in [1.807, 2.05) is 30.3 Å². The van der Waals surface area contributed by atoms with E-state index in [0.717, 1.165) is 5.56 Å². The summed E-state index contributed by atoms with van der Waals surface area (Å²) in [4.78, 5) is 24.2. The molecule has 0 fully saturated rings. The lowest BCUT2D eigenvalue weighted by Gasteiger charge is -2.15. The first kappa shape index (κ1) is 12.1. The van der Waals surface area contributed by atoms with Crippen LogP contribution < -0.4 is 0 Å². The van der Waals surface area contributed by atoms with Gasteiger partial charge in [-0.25, -0.2) is 4.79 Å². The van der Waals surface area contributed by atoms with Crippen LogP contribution in [0.5, 0.6) is 0 Å². The van der Waals surface area contributed by atoms with Crippen molar-refractivity contribution in [3.63, 3.8) is 0 Å². The highest BCUT2D eigenvalue weighted by Crippen LogP contribution is 2.05. The van der Waals surface area contributed by atoms with Crippen LogP contribution in [0.1, 0.15) is 5.56 Å². The zero-order chi connectivity index (χ0) is 12.8. The summed E-state index contributed by atoms with van der Waals surface area (Å²) < 4.78 is 5.15. The molecule has 1 aromatic carbocycles. The average Bonchev–Trinajstić information content (AvgIpc) is 2.62. The highest BCUT2D eigenvalue weighted by molar-refractivity contribution is 5.99. The normalized spacial score (nSPS) is 14.4. The predicted octanol–water partition coefficient (Wildman–Crippen LogP) is 2.28. The number of benzene rings is 1. The first-order valence-corrected chi connectivity index (χ1v) is 5.62. The van der Waals surface area contributed by atoms with Crippen molar-refractivity contribution in [1.29, 1.82) is 0 Å². The summed E-state index contributed by atoms with van der Waals surface area (Å²) in [7, 11) is 0. The van der Waals surface area contributed by atoms with Crippen molar-refractivity contribution in [2.45, 2.75) is 6.61 Å². The maximum absolute atomic E-state index is 11.7. The van der Waals surface area contributed by atoms with Crippen LogP contribution in [0.4, 0.5) is 4.79 Å². The van der Waals surface area contributed by atoms with Gasteiger partial charge in [-0.15, -0.1) is 0 Å². The molecule has 0 saturated heterocycles. The number of hydrogen-bond acceptors (Lipinski definition) is 3. The van der Waals surface area contributed by atoms with E-state index in [1.54, 1.807) is 6.08 Å². The highest BCUT2D eigenvalue weighted by atomic mass is 16.6. The van der Waals surface area contributed by atoms with Crippen LogP contribution >= 0.6 is 0 Å². The molecule has 18 heavy (non-hydrogen) atoms. The molecule has 1 heterocycles. The first-order valence-electron chi connectivity index (χ1n) is 5.62. The number of nitrogens with zero attached hydrogens (tertiary/aromatic N) is 1. The van der Waals surface area contributed by atoms with Crippen molar-refractivity contribution in [3.05, 3.63) is 60.3 Å². The van der Waals surface area contributed by atoms with E-state index in [9.17, 15) is 9.59 Å². The molecule has 2 rings (SSSR count). The minimum Gasteiger partial charge on any atom is -0.444 e. The van der Waals surface area contributed by atoms with Gasteiger partial charge in [0.2, 0.25) is 0 Å². The van der Waals surface area contributed by atoms with Crippen LogP contribution in [-0.4, -0.2) is 23.3 Å². The molecule has 0 saturated carbocycles. The molecule has 1 amide bonds. The highest BCUT2D eigenvalue weighted by Gasteiger charge is 2.12. The molecule has 4 nitrogen and oxygen atoms in total. The van der Waals surface area contributed by atoms with Gasteiger partial charge in [0.25, 0.3) is 0 Å². The molecule has 0 atom stereocenters. The van der Waals surface area contributed by atoms with Crippen molar-refractivity contribution in [3.8, 4) is 0 Å². The summed E-state index contributed by atoms with van der Waals surface area (Å²) in [6.45, 7) is 0.567. The summed E-state index contributed by atoms with van der Waals surface area (Å²) in [6.07, 6.45) is 5.38. The molecule has 0 aliphatic carbocycles. The third kappa shape index (κ3) is 3.31. The third-order valence-electron chi connectivity index (χ3n) is 2.44. The van der Waals surface area contributed by atoms with Gasteiger partial charge in [0.15, 0.2) is 5.78 Å². The summed E-state index contributed by atoms with van der Waals surface area (Å²) in [5, 5.41) is 0. The average molecular weight is 243 g/mol. The van der Waals surface area contributed by atoms with Gasteiger partial charge in [-0.2, -0.15) is 0 Å². The topological polar surface area (TPSA) is 46.6 Å². The van der Waals surface area contributed by atoms with Gasteiger partial charge in [-0.1, -0.05) is 36.4 Å². The quantitative estimate of drug-likeness (QED) is 0.800. The summed E-state index contributed by atoms with van der Waals surface area (Å²) >= 11 is 0. The Morgan fingerprint density at radius 3 is 2.78 bits per heavy atom. The Kier molecular flexibility index (Phi) is 3.91. The monoisotopic (exact) mass is 243 g/mol. The number of carbonyl (C=O) groups is 2. The largest absolute Gasteiger partial charge is 0.444 e. The third-order valence-corrected chi connectivity index (χ3v) is 2.44. The van der Waals surface area contributed by atoms with Crippen molar-refractivity contribution < 1.29 is 14.3 Å².